The summed E-state index contributed by atoms with van der Waals surface area (Å²) in [5, 5.41) is 12.7. The van der Waals surface area contributed by atoms with Crippen molar-refractivity contribution in [3.05, 3.63) is 53.0 Å². The largest absolute Gasteiger partial charge is 0.493 e. The molecule has 2 aromatic heterocycles. The second-order valence-corrected chi connectivity index (χ2v) is 9.25. The number of carboxylic acid groups (broad SMARTS) is 1. The van der Waals surface area contributed by atoms with E-state index in [0.717, 1.165) is 36.2 Å². The Morgan fingerprint density at radius 3 is 2.42 bits per heavy atom. The Balaban J connectivity index is 1.40. The van der Waals surface area contributed by atoms with E-state index in [1.54, 1.807) is 21.3 Å². The van der Waals surface area contributed by atoms with E-state index in [9.17, 15) is 14.7 Å². The van der Waals surface area contributed by atoms with Gasteiger partial charge in [-0.1, -0.05) is 0 Å². The maximum Gasteiger partial charge on any atom is 0.337 e. The van der Waals surface area contributed by atoms with E-state index in [-0.39, 0.29) is 17.3 Å². The lowest BCUT2D eigenvalue weighted by molar-refractivity contribution is 0.0696. The summed E-state index contributed by atoms with van der Waals surface area (Å²) >= 11 is 0. The molecular weight excluding hydrogens is 490 g/mol. The molecule has 5 rings (SSSR count). The normalized spacial score (nSPS) is 16.2. The molecular formula is C27H29N5O6. The molecule has 11 heteroatoms. The van der Waals surface area contributed by atoms with Crippen LogP contribution in [0.4, 0.5) is 17.5 Å². The number of ether oxygens (including phenoxy) is 3. The molecule has 0 radical (unpaired) electrons. The topological polar surface area (TPSA) is 136 Å². The van der Waals surface area contributed by atoms with Crippen molar-refractivity contribution in [2.45, 2.75) is 25.7 Å². The molecule has 1 atom stereocenters. The number of ketones is 1. The van der Waals surface area contributed by atoms with E-state index in [1.165, 1.54) is 18.5 Å². The molecule has 0 amide bonds. The van der Waals surface area contributed by atoms with Gasteiger partial charge in [-0.3, -0.25) is 9.78 Å². The minimum Gasteiger partial charge on any atom is -0.493 e. The van der Waals surface area contributed by atoms with Crippen molar-refractivity contribution in [1.29, 1.82) is 0 Å². The second-order valence-electron chi connectivity index (χ2n) is 9.25. The van der Waals surface area contributed by atoms with Crippen LogP contribution in [0.2, 0.25) is 0 Å². The fraction of sp³-hybridized carbons (Fsp3) is 0.370. The summed E-state index contributed by atoms with van der Waals surface area (Å²) < 4.78 is 16.4. The number of anilines is 3. The number of pyridine rings is 1. The minimum atomic E-state index is -1.11. The van der Waals surface area contributed by atoms with E-state index < -0.39 is 5.97 Å². The highest BCUT2D eigenvalue weighted by Gasteiger charge is 2.32. The van der Waals surface area contributed by atoms with Crippen LogP contribution in [0.3, 0.4) is 0 Å². The zero-order valence-corrected chi connectivity index (χ0v) is 21.5. The standard InChI is InChI=1S/C27H29N5O6/c1-36-21-10-18(11-22(37-2)24(21)38-3)29-25-19-5-4-6-20(19)30-27(31-25)32-8-7-15(14-32)23(33)16-9-17(26(34)35)13-28-12-16/h9-13,15H,4-8,14H2,1-3H3,(H,34,35)(H,29,30,31). The summed E-state index contributed by atoms with van der Waals surface area (Å²) in [6.45, 7) is 1.06. The molecule has 0 saturated carbocycles. The number of aromatic nitrogens is 3. The van der Waals surface area contributed by atoms with Crippen molar-refractivity contribution in [3.8, 4) is 17.2 Å². The molecule has 2 aliphatic rings. The highest BCUT2D eigenvalue weighted by atomic mass is 16.5. The van der Waals surface area contributed by atoms with Crippen molar-refractivity contribution in [2.24, 2.45) is 5.92 Å². The van der Waals surface area contributed by atoms with Crippen LogP contribution in [0.1, 0.15) is 44.8 Å². The van der Waals surface area contributed by atoms with Crippen molar-refractivity contribution in [2.75, 3.05) is 44.6 Å². The van der Waals surface area contributed by atoms with Gasteiger partial charge in [0.05, 0.1) is 32.6 Å². The number of nitrogens with zero attached hydrogens (tertiary/aromatic N) is 4. The number of carbonyl (C=O) groups is 2. The number of Topliss-reactive ketones (excluding diaryl/α,β-unsaturated/α-hetero) is 1. The van der Waals surface area contributed by atoms with Crippen molar-refractivity contribution in [3.63, 3.8) is 0 Å². The smallest absolute Gasteiger partial charge is 0.337 e. The fourth-order valence-electron chi connectivity index (χ4n) is 5.04. The maximum atomic E-state index is 13.1. The maximum absolute atomic E-state index is 13.1. The van der Waals surface area contributed by atoms with Crippen LogP contribution in [0.15, 0.2) is 30.6 Å². The lowest BCUT2D eigenvalue weighted by Gasteiger charge is -2.20. The third-order valence-electron chi connectivity index (χ3n) is 6.96. The number of carboxylic acids is 1. The first-order valence-corrected chi connectivity index (χ1v) is 12.4. The Morgan fingerprint density at radius 2 is 1.74 bits per heavy atom. The van der Waals surface area contributed by atoms with E-state index >= 15 is 0 Å². The second kappa shape index (κ2) is 10.5. The lowest BCUT2D eigenvalue weighted by Crippen LogP contribution is -2.25. The summed E-state index contributed by atoms with van der Waals surface area (Å²) in [7, 11) is 4.70. The molecule has 198 valence electrons. The first-order chi connectivity index (χ1) is 18.4. The van der Waals surface area contributed by atoms with Gasteiger partial charge >= 0.3 is 5.97 Å². The summed E-state index contributed by atoms with van der Waals surface area (Å²) in [6, 6.07) is 5.04. The molecule has 1 saturated heterocycles. The van der Waals surface area contributed by atoms with Crippen molar-refractivity contribution in [1.82, 2.24) is 15.0 Å². The molecule has 0 spiro atoms. The third-order valence-corrected chi connectivity index (χ3v) is 6.96. The average molecular weight is 520 g/mol. The molecule has 11 nitrogen and oxygen atoms in total. The SMILES string of the molecule is COc1cc(Nc2nc(N3CCC(C(=O)c4cncc(C(=O)O)c4)C3)nc3c2CCC3)cc(OC)c1OC. The molecule has 1 fully saturated rings. The number of hydrogen-bond donors (Lipinski definition) is 2. The molecule has 38 heavy (non-hydrogen) atoms. The quantitative estimate of drug-likeness (QED) is 0.402. The Bertz CT molecular complexity index is 1370. The number of rotatable bonds is 9. The van der Waals surface area contributed by atoms with Crippen LogP contribution >= 0.6 is 0 Å². The molecule has 1 aliphatic heterocycles. The molecule has 2 N–H and O–H groups in total. The van der Waals surface area contributed by atoms with Gasteiger partial charge in [0.1, 0.15) is 5.82 Å². The predicted octanol–water partition coefficient (Wildman–Crippen LogP) is 3.54. The Kier molecular flexibility index (Phi) is 6.99. The van der Waals surface area contributed by atoms with Crippen LogP contribution in [-0.4, -0.2) is 66.2 Å². The summed E-state index contributed by atoms with van der Waals surface area (Å²) in [6.07, 6.45) is 6.00. The van der Waals surface area contributed by atoms with Gasteiger partial charge in [-0.25, -0.2) is 9.78 Å². The Labute approximate surface area is 219 Å². The Hall–Kier alpha value is -4.41. The highest BCUT2D eigenvalue weighted by Crippen LogP contribution is 2.41. The molecule has 0 bridgehead atoms. The lowest BCUT2D eigenvalue weighted by atomic mass is 9.97. The average Bonchev–Trinajstić information content (AvgIpc) is 3.62. The Morgan fingerprint density at radius 1 is 1.00 bits per heavy atom. The molecule has 1 unspecified atom stereocenters. The number of fused-ring (bicyclic) bond motifs is 1. The molecule has 3 heterocycles. The number of methoxy groups -OCH3 is 3. The van der Waals surface area contributed by atoms with Crippen molar-refractivity contribution < 1.29 is 28.9 Å². The molecule has 1 aromatic carbocycles. The van der Waals surface area contributed by atoms with Gasteiger partial charge in [0.15, 0.2) is 17.3 Å². The predicted molar refractivity (Wildman–Crippen MR) is 139 cm³/mol. The van der Waals surface area contributed by atoms with E-state index in [1.807, 2.05) is 17.0 Å². The zero-order chi connectivity index (χ0) is 26.8. The van der Waals surface area contributed by atoms with Gasteiger partial charge in [-0.05, 0) is 31.7 Å². The van der Waals surface area contributed by atoms with Gasteiger partial charge in [-0.15, -0.1) is 0 Å². The van der Waals surface area contributed by atoms with E-state index in [2.05, 4.69) is 10.3 Å². The van der Waals surface area contributed by atoms with Crippen LogP contribution in [0.25, 0.3) is 0 Å². The zero-order valence-electron chi connectivity index (χ0n) is 21.5. The number of carbonyl (C=O) groups excluding carboxylic acids is 1. The fourth-order valence-corrected chi connectivity index (χ4v) is 5.04. The molecule has 1 aliphatic carbocycles. The van der Waals surface area contributed by atoms with Crippen molar-refractivity contribution >= 4 is 29.2 Å². The van der Waals surface area contributed by atoms with Gasteiger partial charge in [0, 0.05) is 60.3 Å². The number of hydrogen-bond acceptors (Lipinski definition) is 10. The number of benzene rings is 1. The van der Waals surface area contributed by atoms with Gasteiger partial charge < -0.3 is 29.5 Å². The van der Waals surface area contributed by atoms with Crippen LogP contribution in [-0.2, 0) is 12.8 Å². The van der Waals surface area contributed by atoms with Gasteiger partial charge in [0.25, 0.3) is 0 Å². The van der Waals surface area contributed by atoms with Gasteiger partial charge in [-0.2, -0.15) is 4.98 Å². The number of nitrogens with one attached hydrogen (secondary N) is 1. The minimum absolute atomic E-state index is 0.00447. The first-order valence-electron chi connectivity index (χ1n) is 12.4. The van der Waals surface area contributed by atoms with Crippen LogP contribution in [0, 0.1) is 5.92 Å². The number of aryl methyl sites for hydroxylation is 1. The highest BCUT2D eigenvalue weighted by molar-refractivity contribution is 6.00. The first kappa shape index (κ1) is 25.2. The van der Waals surface area contributed by atoms with Crippen LogP contribution < -0.4 is 24.4 Å². The van der Waals surface area contributed by atoms with Crippen LogP contribution in [0.5, 0.6) is 17.2 Å². The monoisotopic (exact) mass is 519 g/mol. The summed E-state index contributed by atoms with van der Waals surface area (Å²) in [4.78, 5) is 40.1. The van der Waals surface area contributed by atoms with E-state index in [0.29, 0.717) is 54.1 Å². The number of aromatic carboxylic acids is 1. The molecule has 3 aromatic rings. The summed E-state index contributed by atoms with van der Waals surface area (Å²) in [5.41, 5.74) is 3.11. The summed E-state index contributed by atoms with van der Waals surface area (Å²) in [5.74, 6) is 1.30. The van der Waals surface area contributed by atoms with E-state index in [4.69, 9.17) is 24.2 Å². The van der Waals surface area contributed by atoms with Gasteiger partial charge in [0.2, 0.25) is 11.7 Å². The third kappa shape index (κ3) is 4.79.